The molecule has 4 nitrogen and oxygen atoms in total. The summed E-state index contributed by atoms with van der Waals surface area (Å²) in [6.45, 7) is 2.53. The minimum Gasteiger partial charge on any atom is -0.497 e. The second-order valence-corrected chi connectivity index (χ2v) is 5.50. The third kappa shape index (κ3) is 4.57. The van der Waals surface area contributed by atoms with Gasteiger partial charge in [0, 0.05) is 5.69 Å². The molecule has 23 heavy (non-hydrogen) atoms. The zero-order valence-corrected chi connectivity index (χ0v) is 13.7. The summed E-state index contributed by atoms with van der Waals surface area (Å²) in [5.74, 6) is 0.708. The van der Waals surface area contributed by atoms with Crippen LogP contribution in [-0.4, -0.2) is 19.1 Å². The predicted molar refractivity (Wildman–Crippen MR) is 93.5 cm³/mol. The molecule has 0 aliphatic rings. The molecule has 2 N–H and O–H groups in total. The highest BCUT2D eigenvalue weighted by molar-refractivity contribution is 5.97. The first-order valence-corrected chi connectivity index (χ1v) is 7.90. The molecule has 4 heteroatoms. The molecular formula is C19H24N2O2. The average molecular weight is 312 g/mol. The highest BCUT2D eigenvalue weighted by Crippen LogP contribution is 2.22. The van der Waals surface area contributed by atoms with Gasteiger partial charge in [-0.05, 0) is 36.2 Å². The number of nitrogens with zero attached hydrogens (tertiary/aromatic N) is 1. The summed E-state index contributed by atoms with van der Waals surface area (Å²) in [4.78, 5) is 14.5. The van der Waals surface area contributed by atoms with E-state index in [1.54, 1.807) is 12.0 Å². The fraction of sp³-hybridized carbons (Fsp3) is 0.316. The van der Waals surface area contributed by atoms with Gasteiger partial charge in [-0.1, -0.05) is 43.7 Å². The van der Waals surface area contributed by atoms with E-state index in [0.29, 0.717) is 13.0 Å². The van der Waals surface area contributed by atoms with Crippen LogP contribution in [-0.2, 0) is 11.3 Å². The molecule has 0 aromatic heterocycles. The number of carbonyl (C=O) groups excluding carboxylic acids is 1. The molecule has 1 unspecified atom stereocenters. The van der Waals surface area contributed by atoms with E-state index >= 15 is 0 Å². The second kappa shape index (κ2) is 8.34. The van der Waals surface area contributed by atoms with Crippen molar-refractivity contribution in [2.75, 3.05) is 12.0 Å². The largest absolute Gasteiger partial charge is 0.497 e. The summed E-state index contributed by atoms with van der Waals surface area (Å²) >= 11 is 0. The monoisotopic (exact) mass is 312 g/mol. The maximum atomic E-state index is 12.8. The van der Waals surface area contributed by atoms with E-state index < -0.39 is 6.04 Å². The van der Waals surface area contributed by atoms with Gasteiger partial charge in [0.1, 0.15) is 5.75 Å². The van der Waals surface area contributed by atoms with Gasteiger partial charge in [0.15, 0.2) is 0 Å². The number of rotatable bonds is 7. The summed E-state index contributed by atoms with van der Waals surface area (Å²) in [5, 5.41) is 0. The van der Waals surface area contributed by atoms with Gasteiger partial charge in [-0.2, -0.15) is 0 Å². The summed E-state index contributed by atoms with van der Waals surface area (Å²) in [6, 6.07) is 16.9. The molecule has 0 heterocycles. The van der Waals surface area contributed by atoms with E-state index in [1.807, 2.05) is 61.5 Å². The Labute approximate surface area is 137 Å². The van der Waals surface area contributed by atoms with Gasteiger partial charge in [-0.3, -0.25) is 4.79 Å². The summed E-state index contributed by atoms with van der Waals surface area (Å²) < 4.78 is 5.19. The lowest BCUT2D eigenvalue weighted by atomic mass is 10.1. The van der Waals surface area contributed by atoms with Crippen molar-refractivity contribution in [1.82, 2.24) is 0 Å². The lowest BCUT2D eigenvalue weighted by Crippen LogP contribution is -2.43. The first kappa shape index (κ1) is 17.0. The van der Waals surface area contributed by atoms with Crippen LogP contribution in [0.2, 0.25) is 0 Å². The number of carbonyl (C=O) groups is 1. The van der Waals surface area contributed by atoms with Gasteiger partial charge in [-0.25, -0.2) is 0 Å². The second-order valence-electron chi connectivity index (χ2n) is 5.50. The SMILES string of the molecule is CCCC(N)C(=O)N(Cc1ccccc1)c1ccc(OC)cc1. The molecule has 122 valence electrons. The summed E-state index contributed by atoms with van der Waals surface area (Å²) in [5.41, 5.74) is 7.95. The molecule has 2 aromatic carbocycles. The van der Waals surface area contributed by atoms with Crippen molar-refractivity contribution in [1.29, 1.82) is 0 Å². The molecule has 0 saturated heterocycles. The summed E-state index contributed by atoms with van der Waals surface area (Å²) in [7, 11) is 1.62. The number of methoxy groups -OCH3 is 1. The fourth-order valence-electron chi connectivity index (χ4n) is 2.46. The van der Waals surface area contributed by atoms with E-state index in [9.17, 15) is 4.79 Å². The minimum atomic E-state index is -0.481. The molecular weight excluding hydrogens is 288 g/mol. The van der Waals surface area contributed by atoms with Crippen molar-refractivity contribution < 1.29 is 9.53 Å². The van der Waals surface area contributed by atoms with Crippen molar-refractivity contribution >= 4 is 11.6 Å². The van der Waals surface area contributed by atoms with Crippen molar-refractivity contribution in [3.63, 3.8) is 0 Å². The quantitative estimate of drug-likeness (QED) is 0.853. The third-order valence-corrected chi connectivity index (χ3v) is 3.75. The highest BCUT2D eigenvalue weighted by atomic mass is 16.5. The molecule has 1 amide bonds. The maximum absolute atomic E-state index is 12.8. The Morgan fingerprint density at radius 2 is 1.78 bits per heavy atom. The Morgan fingerprint density at radius 3 is 2.35 bits per heavy atom. The van der Waals surface area contributed by atoms with Crippen LogP contribution in [0.25, 0.3) is 0 Å². The minimum absolute atomic E-state index is 0.0548. The van der Waals surface area contributed by atoms with Gasteiger partial charge in [0.2, 0.25) is 5.91 Å². The van der Waals surface area contributed by atoms with Crippen molar-refractivity contribution in [3.8, 4) is 5.75 Å². The number of amides is 1. The van der Waals surface area contributed by atoms with E-state index in [0.717, 1.165) is 23.4 Å². The third-order valence-electron chi connectivity index (χ3n) is 3.75. The number of hydrogen-bond donors (Lipinski definition) is 1. The van der Waals surface area contributed by atoms with Gasteiger partial charge >= 0.3 is 0 Å². The lowest BCUT2D eigenvalue weighted by molar-refractivity contribution is -0.120. The van der Waals surface area contributed by atoms with Crippen molar-refractivity contribution in [3.05, 3.63) is 60.2 Å². The molecule has 1 atom stereocenters. The molecule has 0 aliphatic carbocycles. The van der Waals surface area contributed by atoms with Gasteiger partial charge in [0.05, 0.1) is 19.7 Å². The maximum Gasteiger partial charge on any atom is 0.244 e. The van der Waals surface area contributed by atoms with Crippen LogP contribution in [0.5, 0.6) is 5.75 Å². The molecule has 2 rings (SSSR count). The molecule has 0 aliphatic heterocycles. The van der Waals surface area contributed by atoms with Crippen molar-refractivity contribution in [2.24, 2.45) is 5.73 Å². The number of anilines is 1. The van der Waals surface area contributed by atoms with Crippen LogP contribution in [0.3, 0.4) is 0 Å². The highest BCUT2D eigenvalue weighted by Gasteiger charge is 2.22. The first-order chi connectivity index (χ1) is 11.2. The number of benzene rings is 2. The summed E-state index contributed by atoms with van der Waals surface area (Å²) in [6.07, 6.45) is 1.56. The Kier molecular flexibility index (Phi) is 6.18. The average Bonchev–Trinajstić information content (AvgIpc) is 2.60. The van der Waals surface area contributed by atoms with Gasteiger partial charge < -0.3 is 15.4 Å². The normalized spacial score (nSPS) is 11.8. The van der Waals surface area contributed by atoms with E-state index in [-0.39, 0.29) is 5.91 Å². The molecule has 0 spiro atoms. The Hall–Kier alpha value is -2.33. The molecule has 0 fully saturated rings. The molecule has 0 saturated carbocycles. The fourth-order valence-corrected chi connectivity index (χ4v) is 2.46. The smallest absolute Gasteiger partial charge is 0.244 e. The van der Waals surface area contributed by atoms with Crippen molar-refractivity contribution in [2.45, 2.75) is 32.4 Å². The topological polar surface area (TPSA) is 55.6 Å². The van der Waals surface area contributed by atoms with Crippen LogP contribution in [0.15, 0.2) is 54.6 Å². The van der Waals surface area contributed by atoms with E-state index in [1.165, 1.54) is 0 Å². The van der Waals surface area contributed by atoms with Gasteiger partial charge in [0.25, 0.3) is 0 Å². The standard InChI is InChI=1S/C19H24N2O2/c1-3-7-18(20)19(22)21(14-15-8-5-4-6-9-15)16-10-12-17(23-2)13-11-16/h4-6,8-13,18H,3,7,14,20H2,1-2H3. The predicted octanol–water partition coefficient (Wildman–Crippen LogP) is 3.36. The van der Waals surface area contributed by atoms with Crippen LogP contribution in [0.4, 0.5) is 5.69 Å². The van der Waals surface area contributed by atoms with Crippen LogP contribution in [0, 0.1) is 0 Å². The molecule has 0 bridgehead atoms. The zero-order valence-electron chi connectivity index (χ0n) is 13.7. The lowest BCUT2D eigenvalue weighted by Gasteiger charge is -2.26. The van der Waals surface area contributed by atoms with E-state index in [2.05, 4.69) is 0 Å². The van der Waals surface area contributed by atoms with Crippen LogP contribution >= 0.6 is 0 Å². The first-order valence-electron chi connectivity index (χ1n) is 7.90. The number of ether oxygens (including phenoxy) is 1. The Bertz CT molecular complexity index is 611. The number of nitrogens with two attached hydrogens (primary N) is 1. The number of hydrogen-bond acceptors (Lipinski definition) is 3. The Balaban J connectivity index is 2.27. The van der Waals surface area contributed by atoms with E-state index in [4.69, 9.17) is 10.5 Å². The van der Waals surface area contributed by atoms with Crippen LogP contribution in [0.1, 0.15) is 25.3 Å². The van der Waals surface area contributed by atoms with Gasteiger partial charge in [-0.15, -0.1) is 0 Å². The Morgan fingerprint density at radius 1 is 1.13 bits per heavy atom. The molecule has 2 aromatic rings. The molecule has 0 radical (unpaired) electrons. The van der Waals surface area contributed by atoms with Crippen LogP contribution < -0.4 is 15.4 Å². The zero-order chi connectivity index (χ0) is 16.7.